The van der Waals surface area contributed by atoms with Crippen LogP contribution in [0.25, 0.3) is 0 Å². The predicted octanol–water partition coefficient (Wildman–Crippen LogP) is 7.31. The van der Waals surface area contributed by atoms with Crippen LogP contribution in [0, 0.1) is 33.0 Å². The molecule has 0 aromatic heterocycles. The summed E-state index contributed by atoms with van der Waals surface area (Å²) >= 11 is 0. The normalized spacial score (nSPS) is 43.9. The number of ketones is 2. The monoisotopic (exact) mass is 505 g/mol. The van der Waals surface area contributed by atoms with E-state index in [1.54, 1.807) is 6.08 Å². The molecule has 3 fully saturated rings. The van der Waals surface area contributed by atoms with Gasteiger partial charge in [0.15, 0.2) is 5.76 Å². The quantitative estimate of drug-likeness (QED) is 0.420. The van der Waals surface area contributed by atoms with E-state index in [0.29, 0.717) is 23.7 Å². The van der Waals surface area contributed by atoms with Gasteiger partial charge >= 0.3 is 0 Å². The molecule has 0 saturated heterocycles. The van der Waals surface area contributed by atoms with Gasteiger partial charge in [-0.25, -0.2) is 0 Å². The zero-order valence-corrected chi connectivity index (χ0v) is 24.1. The van der Waals surface area contributed by atoms with Gasteiger partial charge in [0.2, 0.25) is 5.78 Å². The molecule has 5 aliphatic carbocycles. The lowest BCUT2D eigenvalue weighted by Gasteiger charge is -2.70. The number of aliphatic hydroxyl groups is 1. The van der Waals surface area contributed by atoms with Gasteiger partial charge in [-0.05, 0) is 105 Å². The van der Waals surface area contributed by atoms with Gasteiger partial charge in [0, 0.05) is 28.9 Å². The van der Waals surface area contributed by atoms with Gasteiger partial charge in [-0.2, -0.15) is 0 Å². The first kappa shape index (κ1) is 26.7. The molecule has 0 aromatic carbocycles. The summed E-state index contributed by atoms with van der Waals surface area (Å²) in [4.78, 5) is 26.2. The average Bonchev–Trinajstić information content (AvgIpc) is 2.84. The van der Waals surface area contributed by atoms with E-state index in [9.17, 15) is 14.7 Å². The summed E-state index contributed by atoms with van der Waals surface area (Å²) in [5, 5.41) is 10.4. The fourth-order valence-electron chi connectivity index (χ4n) is 9.37. The van der Waals surface area contributed by atoms with Crippen LogP contribution >= 0.6 is 0 Å². The molecule has 7 unspecified atom stereocenters. The van der Waals surface area contributed by atoms with Gasteiger partial charge in [-0.1, -0.05) is 52.3 Å². The summed E-state index contributed by atoms with van der Waals surface area (Å²) in [5.74, 6) is 0.488. The fraction of sp³-hybridized carbons (Fsp3) is 0.697. The Morgan fingerprint density at radius 3 is 2.41 bits per heavy atom. The van der Waals surface area contributed by atoms with Crippen LogP contribution in [0.2, 0.25) is 0 Å². The molecule has 0 aromatic rings. The second-order valence-corrected chi connectivity index (χ2v) is 14.5. The maximum Gasteiger partial charge on any atom is 0.220 e. The maximum atomic E-state index is 13.5. The van der Waals surface area contributed by atoms with E-state index in [1.165, 1.54) is 12.0 Å². The Labute approximate surface area is 223 Å². The van der Waals surface area contributed by atoms with Gasteiger partial charge in [-0.15, -0.1) is 0 Å². The number of fused-ring (bicyclic) bond motifs is 7. The smallest absolute Gasteiger partial charge is 0.220 e. The van der Waals surface area contributed by atoms with Crippen LogP contribution in [0.4, 0.5) is 0 Å². The van der Waals surface area contributed by atoms with Crippen LogP contribution < -0.4 is 5.73 Å². The molecule has 5 aliphatic rings. The highest BCUT2D eigenvalue weighted by molar-refractivity contribution is 6.06. The van der Waals surface area contributed by atoms with Crippen LogP contribution in [-0.2, 0) is 9.59 Å². The highest BCUT2D eigenvalue weighted by Gasteiger charge is 2.67. The molecule has 0 heterocycles. The molecular formula is C33H47NO3. The third kappa shape index (κ3) is 3.57. The molecule has 202 valence electrons. The fourth-order valence-corrected chi connectivity index (χ4v) is 9.37. The molecular weight excluding hydrogens is 458 g/mol. The maximum absolute atomic E-state index is 13.5. The number of hydrogen-bond acceptors (Lipinski definition) is 4. The van der Waals surface area contributed by atoms with E-state index in [4.69, 9.17) is 5.73 Å². The Hall–Kier alpha value is -1.94. The number of aliphatic hydroxyl groups excluding tert-OH is 1. The highest BCUT2D eigenvalue weighted by Crippen LogP contribution is 2.75. The Balaban J connectivity index is 1.55. The minimum absolute atomic E-state index is 0.0136. The molecule has 0 spiro atoms. The molecule has 7 atom stereocenters. The van der Waals surface area contributed by atoms with Gasteiger partial charge in [0.05, 0.1) is 0 Å². The van der Waals surface area contributed by atoms with Crippen molar-refractivity contribution in [2.75, 3.05) is 0 Å². The van der Waals surface area contributed by atoms with Crippen molar-refractivity contribution in [1.82, 2.24) is 0 Å². The van der Waals surface area contributed by atoms with Crippen molar-refractivity contribution in [3.63, 3.8) is 0 Å². The lowest BCUT2D eigenvalue weighted by molar-refractivity contribution is -0.168. The van der Waals surface area contributed by atoms with Crippen LogP contribution in [0.3, 0.4) is 0 Å². The van der Waals surface area contributed by atoms with Crippen molar-refractivity contribution in [3.05, 3.63) is 46.3 Å². The first-order chi connectivity index (χ1) is 17.1. The molecule has 4 nitrogen and oxygen atoms in total. The Bertz CT molecular complexity index is 1190. The number of rotatable bonds is 4. The van der Waals surface area contributed by atoms with E-state index < -0.39 is 0 Å². The van der Waals surface area contributed by atoms with Crippen LogP contribution in [0.15, 0.2) is 46.3 Å². The molecule has 0 amide bonds. The number of hydrogen-bond donors (Lipinski definition) is 2. The van der Waals surface area contributed by atoms with Gasteiger partial charge in [-0.3, -0.25) is 9.59 Å². The van der Waals surface area contributed by atoms with E-state index in [0.717, 1.165) is 56.1 Å². The molecule has 0 aliphatic heterocycles. The van der Waals surface area contributed by atoms with Crippen molar-refractivity contribution in [1.29, 1.82) is 0 Å². The largest absolute Gasteiger partial charge is 0.504 e. The summed E-state index contributed by atoms with van der Waals surface area (Å²) < 4.78 is 0. The van der Waals surface area contributed by atoms with Gasteiger partial charge in [0.1, 0.15) is 5.78 Å². The predicted molar refractivity (Wildman–Crippen MR) is 149 cm³/mol. The first-order valence-electron chi connectivity index (χ1n) is 14.5. The number of Topliss-reactive ketones (excluding diaryl/α,β-unsaturated/α-hetero) is 1. The Kier molecular flexibility index (Phi) is 5.96. The molecule has 3 N–H and O–H groups in total. The minimum Gasteiger partial charge on any atom is -0.504 e. The van der Waals surface area contributed by atoms with Crippen molar-refractivity contribution < 1.29 is 14.7 Å². The number of carbonyl (C=O) groups excluding carboxylic acids is 2. The summed E-state index contributed by atoms with van der Waals surface area (Å²) in [7, 11) is 0. The lowest BCUT2D eigenvalue weighted by Crippen LogP contribution is -2.62. The van der Waals surface area contributed by atoms with E-state index >= 15 is 0 Å². The Morgan fingerprint density at radius 1 is 1.05 bits per heavy atom. The highest BCUT2D eigenvalue weighted by atomic mass is 16.3. The summed E-state index contributed by atoms with van der Waals surface area (Å²) in [6.07, 6.45) is 15.0. The van der Waals surface area contributed by atoms with Crippen LogP contribution in [-0.4, -0.2) is 22.7 Å². The third-order valence-electron chi connectivity index (χ3n) is 12.4. The number of nitrogens with two attached hydrogens (primary N) is 1. The standard InChI is InChI=1S/C33H47NO3/c1-20(34)8-11-27(36)30(4)13-12-29(3)14-16-32(6)25-10-9-22-21(2)28(37)24(35)18-23(22)31(25,5)15-17-33(32,7)26(29)19-30/h9-10,18,20,26,37H,8,11-17,19,34H2,1-7H3. The second-order valence-electron chi connectivity index (χ2n) is 14.5. The topological polar surface area (TPSA) is 80.4 Å². The first-order valence-corrected chi connectivity index (χ1v) is 14.5. The molecule has 0 bridgehead atoms. The molecule has 0 radical (unpaired) electrons. The van der Waals surface area contributed by atoms with E-state index in [-0.39, 0.29) is 44.7 Å². The van der Waals surface area contributed by atoms with Crippen LogP contribution in [0.1, 0.15) is 106 Å². The molecule has 5 rings (SSSR count). The number of carbonyl (C=O) groups is 2. The molecule has 4 heteroatoms. The second kappa shape index (κ2) is 8.28. The number of allylic oxidation sites excluding steroid dienone is 7. The van der Waals surface area contributed by atoms with Crippen molar-refractivity contribution in [3.8, 4) is 0 Å². The Morgan fingerprint density at radius 2 is 1.73 bits per heavy atom. The van der Waals surface area contributed by atoms with E-state index in [1.807, 2.05) is 13.8 Å². The average molecular weight is 506 g/mol. The SMILES string of the molecule is CC1=C(O)C(=O)C=C2C1=CC=C1C2(C)CCC2(C)C3CC(C)(C(=O)CCC(C)N)CCC3(C)CCC12C. The minimum atomic E-state index is -0.271. The lowest BCUT2D eigenvalue weighted by atomic mass is 9.34. The van der Waals surface area contributed by atoms with Crippen molar-refractivity contribution in [2.45, 2.75) is 112 Å². The van der Waals surface area contributed by atoms with Crippen LogP contribution in [0.5, 0.6) is 0 Å². The summed E-state index contributed by atoms with van der Waals surface area (Å²) in [5.41, 5.74) is 10.1. The van der Waals surface area contributed by atoms with E-state index in [2.05, 4.69) is 46.8 Å². The third-order valence-corrected chi connectivity index (χ3v) is 12.4. The zero-order chi connectivity index (χ0) is 27.2. The summed E-state index contributed by atoms with van der Waals surface area (Å²) in [6.45, 7) is 15.9. The molecule has 37 heavy (non-hydrogen) atoms. The zero-order valence-electron chi connectivity index (χ0n) is 24.1. The van der Waals surface area contributed by atoms with Gasteiger partial charge < -0.3 is 10.8 Å². The van der Waals surface area contributed by atoms with Crippen molar-refractivity contribution >= 4 is 11.6 Å². The summed E-state index contributed by atoms with van der Waals surface area (Å²) in [6, 6.07) is 0.0606. The van der Waals surface area contributed by atoms with Gasteiger partial charge in [0.25, 0.3) is 0 Å². The molecule has 3 saturated carbocycles. The van der Waals surface area contributed by atoms with Crippen molar-refractivity contribution in [2.24, 2.45) is 38.7 Å².